The Bertz CT molecular complexity index is 545. The monoisotopic (exact) mass is 333 g/mol. The van der Waals surface area contributed by atoms with Gasteiger partial charge in [0.2, 0.25) is 0 Å². The Balaban J connectivity index is 2.30. The molecule has 1 N–H and O–H groups in total. The van der Waals surface area contributed by atoms with Crippen molar-refractivity contribution >= 4 is 21.6 Å². The van der Waals surface area contributed by atoms with Gasteiger partial charge in [-0.1, -0.05) is 46.3 Å². The molecule has 0 spiro atoms. The second kappa shape index (κ2) is 6.91. The highest BCUT2D eigenvalue weighted by atomic mass is 79.9. The summed E-state index contributed by atoms with van der Waals surface area (Å²) in [6.07, 6.45) is 0. The molecule has 20 heavy (non-hydrogen) atoms. The van der Waals surface area contributed by atoms with Gasteiger partial charge in [0.25, 0.3) is 0 Å². The van der Waals surface area contributed by atoms with Crippen molar-refractivity contribution in [3.63, 3.8) is 0 Å². The summed E-state index contributed by atoms with van der Waals surface area (Å²) in [5, 5.41) is 3.61. The SMILES string of the molecule is COCC(Nc1c(C)cc(Br)cc1C)c1ccccc1. The van der Waals surface area contributed by atoms with Gasteiger partial charge < -0.3 is 10.1 Å². The predicted molar refractivity (Wildman–Crippen MR) is 88.3 cm³/mol. The van der Waals surface area contributed by atoms with Crippen molar-refractivity contribution in [3.05, 3.63) is 63.6 Å². The summed E-state index contributed by atoms with van der Waals surface area (Å²) in [5.41, 5.74) is 4.87. The summed E-state index contributed by atoms with van der Waals surface area (Å²) >= 11 is 3.54. The molecular weight excluding hydrogens is 314 g/mol. The Hall–Kier alpha value is -1.32. The summed E-state index contributed by atoms with van der Waals surface area (Å²) in [4.78, 5) is 0. The van der Waals surface area contributed by atoms with Crippen LogP contribution in [0.3, 0.4) is 0 Å². The number of aryl methyl sites for hydroxylation is 2. The highest BCUT2D eigenvalue weighted by Crippen LogP contribution is 2.28. The van der Waals surface area contributed by atoms with E-state index in [1.165, 1.54) is 22.4 Å². The van der Waals surface area contributed by atoms with Crippen LogP contribution in [0.5, 0.6) is 0 Å². The Kier molecular flexibility index (Phi) is 5.21. The van der Waals surface area contributed by atoms with E-state index in [1.54, 1.807) is 7.11 Å². The Morgan fingerprint density at radius 1 is 1.10 bits per heavy atom. The molecule has 0 saturated carbocycles. The molecular formula is C17H20BrNO. The van der Waals surface area contributed by atoms with Crippen molar-refractivity contribution < 1.29 is 4.74 Å². The molecule has 0 aliphatic heterocycles. The fourth-order valence-corrected chi connectivity index (χ4v) is 3.07. The van der Waals surface area contributed by atoms with Crippen LogP contribution in [0.2, 0.25) is 0 Å². The molecule has 2 aromatic rings. The number of rotatable bonds is 5. The van der Waals surface area contributed by atoms with E-state index >= 15 is 0 Å². The number of hydrogen-bond acceptors (Lipinski definition) is 2. The average Bonchev–Trinajstić information content (AvgIpc) is 2.42. The van der Waals surface area contributed by atoms with Crippen molar-refractivity contribution in [1.82, 2.24) is 0 Å². The van der Waals surface area contributed by atoms with Crippen LogP contribution in [-0.2, 0) is 4.74 Å². The van der Waals surface area contributed by atoms with Crippen molar-refractivity contribution in [1.29, 1.82) is 0 Å². The second-order valence-corrected chi connectivity index (χ2v) is 5.89. The maximum absolute atomic E-state index is 5.36. The van der Waals surface area contributed by atoms with Gasteiger partial charge in [-0.3, -0.25) is 0 Å². The van der Waals surface area contributed by atoms with E-state index in [-0.39, 0.29) is 6.04 Å². The summed E-state index contributed by atoms with van der Waals surface area (Å²) in [5.74, 6) is 0. The van der Waals surface area contributed by atoms with E-state index in [4.69, 9.17) is 4.74 Å². The first-order valence-corrected chi connectivity index (χ1v) is 7.48. The lowest BCUT2D eigenvalue weighted by molar-refractivity contribution is 0.186. The molecule has 0 radical (unpaired) electrons. The quantitative estimate of drug-likeness (QED) is 0.843. The first kappa shape index (κ1) is 15.1. The molecule has 1 atom stereocenters. The molecule has 3 heteroatoms. The van der Waals surface area contributed by atoms with Gasteiger partial charge in [-0.25, -0.2) is 0 Å². The van der Waals surface area contributed by atoms with Crippen LogP contribution in [0.25, 0.3) is 0 Å². The second-order valence-electron chi connectivity index (χ2n) is 4.98. The van der Waals surface area contributed by atoms with Crippen LogP contribution in [0.1, 0.15) is 22.7 Å². The number of benzene rings is 2. The van der Waals surface area contributed by atoms with Crippen LogP contribution in [0.15, 0.2) is 46.9 Å². The first-order valence-electron chi connectivity index (χ1n) is 6.69. The Morgan fingerprint density at radius 2 is 1.70 bits per heavy atom. The molecule has 0 fully saturated rings. The Labute approximate surface area is 129 Å². The molecule has 1 unspecified atom stereocenters. The lowest BCUT2D eigenvalue weighted by Crippen LogP contribution is -2.17. The minimum Gasteiger partial charge on any atom is -0.382 e. The third kappa shape index (κ3) is 3.62. The fourth-order valence-electron chi connectivity index (χ4n) is 2.39. The zero-order chi connectivity index (χ0) is 14.5. The standard InChI is InChI=1S/C17H20BrNO/c1-12-9-15(18)10-13(2)17(12)19-16(11-20-3)14-7-5-4-6-8-14/h4-10,16,19H,11H2,1-3H3. The van der Waals surface area contributed by atoms with Gasteiger partial charge in [0.1, 0.15) is 0 Å². The van der Waals surface area contributed by atoms with Gasteiger partial charge in [-0.2, -0.15) is 0 Å². The number of halogens is 1. The third-order valence-electron chi connectivity index (χ3n) is 3.35. The van der Waals surface area contributed by atoms with Gasteiger partial charge in [0, 0.05) is 17.3 Å². The van der Waals surface area contributed by atoms with Crippen LogP contribution < -0.4 is 5.32 Å². The molecule has 106 valence electrons. The van der Waals surface area contributed by atoms with Gasteiger partial charge >= 0.3 is 0 Å². The maximum atomic E-state index is 5.36. The zero-order valence-electron chi connectivity index (χ0n) is 12.1. The summed E-state index contributed by atoms with van der Waals surface area (Å²) < 4.78 is 6.47. The molecule has 0 heterocycles. The summed E-state index contributed by atoms with van der Waals surface area (Å²) in [6, 6.07) is 14.8. The number of ether oxygens (including phenoxy) is 1. The van der Waals surface area contributed by atoms with E-state index in [0.29, 0.717) is 6.61 Å². The van der Waals surface area contributed by atoms with Gasteiger partial charge in [0.05, 0.1) is 12.6 Å². The normalized spacial score (nSPS) is 12.2. The molecule has 0 saturated heterocycles. The Morgan fingerprint density at radius 3 is 2.25 bits per heavy atom. The number of methoxy groups -OCH3 is 1. The average molecular weight is 334 g/mol. The third-order valence-corrected chi connectivity index (χ3v) is 3.81. The highest BCUT2D eigenvalue weighted by molar-refractivity contribution is 9.10. The molecule has 0 aliphatic rings. The minimum absolute atomic E-state index is 0.153. The van der Waals surface area contributed by atoms with Crippen molar-refractivity contribution in [3.8, 4) is 0 Å². The summed E-state index contributed by atoms with van der Waals surface area (Å²) in [7, 11) is 1.74. The topological polar surface area (TPSA) is 21.3 Å². The molecule has 0 amide bonds. The van der Waals surface area contributed by atoms with Gasteiger partial charge in [0.15, 0.2) is 0 Å². The van der Waals surface area contributed by atoms with Crippen LogP contribution in [-0.4, -0.2) is 13.7 Å². The van der Waals surface area contributed by atoms with Crippen molar-refractivity contribution in [2.75, 3.05) is 19.0 Å². The molecule has 2 aromatic carbocycles. The highest BCUT2D eigenvalue weighted by Gasteiger charge is 2.13. The number of hydrogen-bond donors (Lipinski definition) is 1. The lowest BCUT2D eigenvalue weighted by Gasteiger charge is -2.22. The fraction of sp³-hybridized carbons (Fsp3) is 0.294. The number of anilines is 1. The van der Waals surface area contributed by atoms with Crippen molar-refractivity contribution in [2.24, 2.45) is 0 Å². The molecule has 2 rings (SSSR count). The summed E-state index contributed by atoms with van der Waals surface area (Å²) in [6.45, 7) is 4.88. The molecule has 0 aromatic heterocycles. The zero-order valence-corrected chi connectivity index (χ0v) is 13.7. The van der Waals surface area contributed by atoms with E-state index in [0.717, 1.165) is 4.47 Å². The van der Waals surface area contributed by atoms with E-state index in [1.807, 2.05) is 6.07 Å². The molecule has 2 nitrogen and oxygen atoms in total. The lowest BCUT2D eigenvalue weighted by atomic mass is 10.0. The van der Waals surface area contributed by atoms with Crippen molar-refractivity contribution in [2.45, 2.75) is 19.9 Å². The van der Waals surface area contributed by atoms with Crippen LogP contribution >= 0.6 is 15.9 Å². The van der Waals surface area contributed by atoms with Gasteiger partial charge in [-0.15, -0.1) is 0 Å². The van der Waals surface area contributed by atoms with E-state index < -0.39 is 0 Å². The van der Waals surface area contributed by atoms with E-state index in [9.17, 15) is 0 Å². The molecule has 0 aliphatic carbocycles. The first-order chi connectivity index (χ1) is 9.61. The number of nitrogens with one attached hydrogen (secondary N) is 1. The smallest absolute Gasteiger partial charge is 0.0747 e. The molecule has 0 bridgehead atoms. The van der Waals surface area contributed by atoms with E-state index in [2.05, 4.69) is 71.5 Å². The van der Waals surface area contributed by atoms with Crippen LogP contribution in [0.4, 0.5) is 5.69 Å². The predicted octanol–water partition coefficient (Wildman–Crippen LogP) is 4.87. The minimum atomic E-state index is 0.153. The van der Waals surface area contributed by atoms with Crippen LogP contribution in [0, 0.1) is 13.8 Å². The maximum Gasteiger partial charge on any atom is 0.0747 e. The largest absolute Gasteiger partial charge is 0.382 e. The van der Waals surface area contributed by atoms with Gasteiger partial charge in [-0.05, 0) is 42.7 Å².